The first-order valence-corrected chi connectivity index (χ1v) is 5.92. The van der Waals surface area contributed by atoms with Crippen LogP contribution in [0, 0.1) is 6.92 Å². The number of nitrogen functional groups attached to an aromatic ring is 1. The average molecular weight is 250 g/mol. The molecule has 0 aliphatic rings. The Kier molecular flexibility index (Phi) is 3.19. The molecule has 0 radical (unpaired) electrons. The number of hydrogen-bond acceptors (Lipinski definition) is 5. The Hall–Kier alpha value is -1.75. The van der Waals surface area contributed by atoms with Gasteiger partial charge in [0.2, 0.25) is 0 Å². The number of aryl methyl sites for hydroxylation is 1. The van der Waals surface area contributed by atoms with Crippen LogP contribution in [0.3, 0.4) is 0 Å². The highest BCUT2D eigenvalue weighted by molar-refractivity contribution is 7.18. The minimum atomic E-state index is 0.727. The van der Waals surface area contributed by atoms with Crippen LogP contribution in [0.4, 0.5) is 5.00 Å². The fourth-order valence-electron chi connectivity index (χ4n) is 1.50. The molecule has 0 atom stereocenters. The third kappa shape index (κ3) is 2.19. The zero-order valence-corrected chi connectivity index (χ0v) is 10.8. The highest BCUT2D eigenvalue weighted by atomic mass is 32.1. The molecule has 2 N–H and O–H groups in total. The number of aromatic nitrogens is 1. The lowest BCUT2D eigenvalue weighted by Gasteiger charge is -2.07. The molecular formula is C12H14N2O2S. The third-order valence-corrected chi connectivity index (χ3v) is 3.49. The smallest absolute Gasteiger partial charge is 0.129 e. The van der Waals surface area contributed by atoms with E-state index in [1.807, 2.05) is 25.1 Å². The first-order chi connectivity index (χ1) is 8.15. The molecule has 0 saturated heterocycles. The number of benzene rings is 1. The largest absolute Gasteiger partial charge is 0.497 e. The number of ether oxygens (including phenoxy) is 2. The number of nitrogens with two attached hydrogens (primary N) is 1. The van der Waals surface area contributed by atoms with E-state index < -0.39 is 0 Å². The predicted molar refractivity (Wildman–Crippen MR) is 69.8 cm³/mol. The lowest BCUT2D eigenvalue weighted by Crippen LogP contribution is -1.90. The van der Waals surface area contributed by atoms with Crippen LogP contribution in [0.5, 0.6) is 11.5 Å². The van der Waals surface area contributed by atoms with Crippen molar-refractivity contribution >= 4 is 16.3 Å². The van der Waals surface area contributed by atoms with E-state index in [2.05, 4.69) is 4.98 Å². The SMILES string of the molecule is COc1ccc(OC)c(-c2nc(C)c(N)s2)c1. The lowest BCUT2D eigenvalue weighted by atomic mass is 10.2. The number of hydrogen-bond donors (Lipinski definition) is 1. The van der Waals surface area contributed by atoms with Crippen LogP contribution >= 0.6 is 11.3 Å². The van der Waals surface area contributed by atoms with Crippen molar-refractivity contribution in [1.82, 2.24) is 4.98 Å². The monoisotopic (exact) mass is 250 g/mol. The van der Waals surface area contributed by atoms with E-state index in [4.69, 9.17) is 15.2 Å². The normalized spacial score (nSPS) is 10.3. The molecule has 1 aromatic heterocycles. The highest BCUT2D eigenvalue weighted by Crippen LogP contribution is 2.37. The third-order valence-electron chi connectivity index (χ3n) is 2.47. The quantitative estimate of drug-likeness (QED) is 0.910. The molecule has 0 spiro atoms. The molecule has 1 aromatic carbocycles. The number of rotatable bonds is 3. The molecule has 0 bridgehead atoms. The van der Waals surface area contributed by atoms with E-state index in [9.17, 15) is 0 Å². The summed E-state index contributed by atoms with van der Waals surface area (Å²) in [6.45, 7) is 1.89. The summed E-state index contributed by atoms with van der Waals surface area (Å²) in [7, 11) is 3.27. The van der Waals surface area contributed by atoms with Crippen LogP contribution in [0.15, 0.2) is 18.2 Å². The molecule has 0 aliphatic heterocycles. The molecule has 90 valence electrons. The summed E-state index contributed by atoms with van der Waals surface area (Å²) < 4.78 is 10.5. The molecule has 0 fully saturated rings. The molecule has 2 aromatic rings. The van der Waals surface area contributed by atoms with E-state index in [1.54, 1.807) is 14.2 Å². The Labute approximate surface area is 104 Å². The van der Waals surface area contributed by atoms with Crippen molar-refractivity contribution in [2.24, 2.45) is 0 Å². The van der Waals surface area contributed by atoms with Crippen molar-refractivity contribution < 1.29 is 9.47 Å². The fraction of sp³-hybridized carbons (Fsp3) is 0.250. The maximum absolute atomic E-state index is 5.82. The summed E-state index contributed by atoms with van der Waals surface area (Å²) in [6, 6.07) is 5.61. The van der Waals surface area contributed by atoms with Crippen LogP contribution in [-0.4, -0.2) is 19.2 Å². The van der Waals surface area contributed by atoms with Gasteiger partial charge in [0.25, 0.3) is 0 Å². The molecule has 0 unspecified atom stereocenters. The number of anilines is 1. The van der Waals surface area contributed by atoms with Gasteiger partial charge >= 0.3 is 0 Å². The van der Waals surface area contributed by atoms with Gasteiger partial charge in [0.1, 0.15) is 21.5 Å². The van der Waals surface area contributed by atoms with Crippen molar-refractivity contribution in [3.8, 4) is 22.1 Å². The Bertz CT molecular complexity index is 518. The minimum absolute atomic E-state index is 0.727. The second-order valence-corrected chi connectivity index (χ2v) is 4.57. The Morgan fingerprint density at radius 1 is 1.24 bits per heavy atom. The minimum Gasteiger partial charge on any atom is -0.497 e. The van der Waals surface area contributed by atoms with E-state index in [1.165, 1.54) is 11.3 Å². The second kappa shape index (κ2) is 4.63. The summed E-state index contributed by atoms with van der Waals surface area (Å²) in [5.41, 5.74) is 7.57. The first-order valence-electron chi connectivity index (χ1n) is 5.11. The van der Waals surface area contributed by atoms with Gasteiger partial charge in [0.05, 0.1) is 25.5 Å². The summed E-state index contributed by atoms with van der Waals surface area (Å²) in [4.78, 5) is 4.42. The standard InChI is InChI=1S/C12H14N2O2S/c1-7-11(13)17-12(14-7)9-6-8(15-2)4-5-10(9)16-3/h4-6H,13H2,1-3H3. The zero-order chi connectivity index (χ0) is 12.4. The fourth-order valence-corrected chi connectivity index (χ4v) is 2.36. The molecule has 4 nitrogen and oxygen atoms in total. The number of methoxy groups -OCH3 is 2. The van der Waals surface area contributed by atoms with Gasteiger partial charge in [-0.3, -0.25) is 0 Å². The van der Waals surface area contributed by atoms with Crippen molar-refractivity contribution in [3.63, 3.8) is 0 Å². The Balaban J connectivity index is 2.55. The molecule has 1 heterocycles. The molecule has 0 saturated carbocycles. The molecule has 2 rings (SSSR count). The van der Waals surface area contributed by atoms with Gasteiger partial charge < -0.3 is 15.2 Å². The summed E-state index contributed by atoms with van der Waals surface area (Å²) in [6.07, 6.45) is 0. The van der Waals surface area contributed by atoms with Crippen molar-refractivity contribution in [1.29, 1.82) is 0 Å². The molecule has 0 amide bonds. The summed E-state index contributed by atoms with van der Waals surface area (Å²) in [5.74, 6) is 1.53. The topological polar surface area (TPSA) is 57.4 Å². The second-order valence-electron chi connectivity index (χ2n) is 3.53. The summed E-state index contributed by atoms with van der Waals surface area (Å²) in [5, 5.41) is 1.57. The van der Waals surface area contributed by atoms with Crippen molar-refractivity contribution in [2.75, 3.05) is 20.0 Å². The van der Waals surface area contributed by atoms with E-state index in [0.29, 0.717) is 0 Å². The van der Waals surface area contributed by atoms with Gasteiger partial charge in [0, 0.05) is 0 Å². The lowest BCUT2D eigenvalue weighted by molar-refractivity contribution is 0.404. The van der Waals surface area contributed by atoms with Crippen LogP contribution < -0.4 is 15.2 Å². The maximum atomic E-state index is 5.82. The van der Waals surface area contributed by atoms with Gasteiger partial charge in [-0.2, -0.15) is 0 Å². The van der Waals surface area contributed by atoms with E-state index >= 15 is 0 Å². The Morgan fingerprint density at radius 3 is 2.53 bits per heavy atom. The average Bonchev–Trinajstić information content (AvgIpc) is 2.68. The Morgan fingerprint density at radius 2 is 2.00 bits per heavy atom. The van der Waals surface area contributed by atoms with Crippen LogP contribution in [0.1, 0.15) is 5.69 Å². The highest BCUT2D eigenvalue weighted by Gasteiger charge is 2.13. The van der Waals surface area contributed by atoms with Crippen molar-refractivity contribution in [2.45, 2.75) is 6.92 Å². The molecule has 0 aliphatic carbocycles. The van der Waals surface area contributed by atoms with Crippen LogP contribution in [0.25, 0.3) is 10.6 Å². The van der Waals surface area contributed by atoms with Gasteiger partial charge in [-0.05, 0) is 25.1 Å². The first kappa shape index (κ1) is 11.7. The van der Waals surface area contributed by atoms with E-state index in [0.717, 1.165) is 32.8 Å². The molecule has 17 heavy (non-hydrogen) atoms. The van der Waals surface area contributed by atoms with Crippen LogP contribution in [-0.2, 0) is 0 Å². The van der Waals surface area contributed by atoms with Gasteiger partial charge in [-0.25, -0.2) is 4.98 Å². The van der Waals surface area contributed by atoms with Crippen LogP contribution in [0.2, 0.25) is 0 Å². The van der Waals surface area contributed by atoms with Gasteiger partial charge in [-0.15, -0.1) is 0 Å². The van der Waals surface area contributed by atoms with Gasteiger partial charge in [0.15, 0.2) is 0 Å². The molecule has 5 heteroatoms. The van der Waals surface area contributed by atoms with Crippen molar-refractivity contribution in [3.05, 3.63) is 23.9 Å². The number of thiazole rings is 1. The predicted octanol–water partition coefficient (Wildman–Crippen LogP) is 2.72. The zero-order valence-electron chi connectivity index (χ0n) is 9.98. The van der Waals surface area contributed by atoms with E-state index in [-0.39, 0.29) is 0 Å². The molecular weight excluding hydrogens is 236 g/mol. The van der Waals surface area contributed by atoms with Gasteiger partial charge in [-0.1, -0.05) is 11.3 Å². The summed E-state index contributed by atoms with van der Waals surface area (Å²) >= 11 is 1.45. The number of nitrogens with zero attached hydrogens (tertiary/aromatic N) is 1. The maximum Gasteiger partial charge on any atom is 0.129 e.